The van der Waals surface area contributed by atoms with E-state index >= 15 is 0 Å². The summed E-state index contributed by atoms with van der Waals surface area (Å²) in [6, 6.07) is 3.57. The molecule has 30 heavy (non-hydrogen) atoms. The van der Waals surface area contributed by atoms with Crippen molar-refractivity contribution in [2.45, 2.75) is 97.5 Å². The van der Waals surface area contributed by atoms with Gasteiger partial charge in [0.1, 0.15) is 5.60 Å². The molecule has 0 radical (unpaired) electrons. The van der Waals surface area contributed by atoms with Gasteiger partial charge in [0.15, 0.2) is 5.82 Å². The standard InChI is InChI=1S/C23H37N3O4/c1-6-8-10-12-14-28-19-16-20(29-15-13-11-9-7-2)26-21(25-19)18(17-24)22(27)30-23(3,4)5/h16,18H,6-15H2,1-5H3. The molecule has 7 nitrogen and oxygen atoms in total. The van der Waals surface area contributed by atoms with Crippen molar-refractivity contribution in [3.8, 4) is 17.8 Å². The summed E-state index contributed by atoms with van der Waals surface area (Å²) in [5, 5.41) is 9.56. The highest BCUT2D eigenvalue weighted by atomic mass is 16.6. The Bertz CT molecular complexity index is 648. The molecular weight excluding hydrogens is 382 g/mol. The summed E-state index contributed by atoms with van der Waals surface area (Å²) < 4.78 is 16.9. The van der Waals surface area contributed by atoms with Crippen LogP contribution in [0, 0.1) is 11.3 Å². The molecule has 1 aromatic rings. The first-order chi connectivity index (χ1) is 14.3. The van der Waals surface area contributed by atoms with Crippen LogP contribution in [0.5, 0.6) is 11.8 Å². The molecule has 0 amide bonds. The summed E-state index contributed by atoms with van der Waals surface area (Å²) in [5.41, 5.74) is -0.710. The van der Waals surface area contributed by atoms with E-state index in [0.717, 1.165) is 51.4 Å². The smallest absolute Gasteiger partial charge is 0.331 e. The lowest BCUT2D eigenvalue weighted by Gasteiger charge is -2.21. The van der Waals surface area contributed by atoms with Crippen LogP contribution in [0.15, 0.2) is 6.07 Å². The van der Waals surface area contributed by atoms with Gasteiger partial charge in [0.05, 0.1) is 25.3 Å². The van der Waals surface area contributed by atoms with E-state index in [1.807, 2.05) is 6.07 Å². The van der Waals surface area contributed by atoms with Gasteiger partial charge in [-0.15, -0.1) is 0 Å². The molecule has 0 aliphatic heterocycles. The van der Waals surface area contributed by atoms with Crippen molar-refractivity contribution in [1.29, 1.82) is 5.26 Å². The Morgan fingerprint density at radius 2 is 1.47 bits per heavy atom. The normalized spacial score (nSPS) is 12.1. The number of carbonyl (C=O) groups is 1. The molecule has 1 rings (SSSR count). The summed E-state index contributed by atoms with van der Waals surface area (Å²) >= 11 is 0. The van der Waals surface area contributed by atoms with Gasteiger partial charge in [-0.25, -0.2) is 0 Å². The highest BCUT2D eigenvalue weighted by Crippen LogP contribution is 2.23. The van der Waals surface area contributed by atoms with Gasteiger partial charge in [-0.2, -0.15) is 15.2 Å². The van der Waals surface area contributed by atoms with Crippen molar-refractivity contribution in [1.82, 2.24) is 9.97 Å². The zero-order chi connectivity index (χ0) is 22.4. The van der Waals surface area contributed by atoms with E-state index in [2.05, 4.69) is 23.8 Å². The molecule has 0 saturated heterocycles. The Labute approximate surface area is 181 Å². The van der Waals surface area contributed by atoms with E-state index in [0.29, 0.717) is 25.0 Å². The molecule has 1 unspecified atom stereocenters. The van der Waals surface area contributed by atoms with Gasteiger partial charge in [0.25, 0.3) is 0 Å². The van der Waals surface area contributed by atoms with E-state index < -0.39 is 17.5 Å². The zero-order valence-electron chi connectivity index (χ0n) is 19.2. The monoisotopic (exact) mass is 419 g/mol. The first-order valence-corrected chi connectivity index (χ1v) is 11.1. The summed E-state index contributed by atoms with van der Waals surface area (Å²) in [5.74, 6) is -1.26. The van der Waals surface area contributed by atoms with Crippen LogP contribution in [0.1, 0.15) is 97.7 Å². The van der Waals surface area contributed by atoms with Crippen LogP contribution < -0.4 is 9.47 Å². The molecular formula is C23H37N3O4. The summed E-state index contributed by atoms with van der Waals surface area (Å²) in [7, 11) is 0. The van der Waals surface area contributed by atoms with Crippen molar-refractivity contribution in [2.24, 2.45) is 0 Å². The number of ether oxygens (including phenoxy) is 3. The molecule has 1 atom stereocenters. The van der Waals surface area contributed by atoms with E-state index in [-0.39, 0.29) is 5.82 Å². The summed E-state index contributed by atoms with van der Waals surface area (Å²) in [6.45, 7) is 10.6. The van der Waals surface area contributed by atoms with E-state index in [1.54, 1.807) is 26.8 Å². The number of hydrogen-bond donors (Lipinski definition) is 0. The average molecular weight is 420 g/mol. The van der Waals surface area contributed by atoms with Crippen LogP contribution in [-0.2, 0) is 9.53 Å². The number of aromatic nitrogens is 2. The Hall–Kier alpha value is -2.36. The largest absolute Gasteiger partial charge is 0.477 e. The molecule has 0 bridgehead atoms. The topological polar surface area (TPSA) is 94.3 Å². The van der Waals surface area contributed by atoms with Crippen molar-refractivity contribution in [3.05, 3.63) is 11.9 Å². The van der Waals surface area contributed by atoms with Crippen molar-refractivity contribution in [2.75, 3.05) is 13.2 Å². The maximum atomic E-state index is 12.5. The fraction of sp³-hybridized carbons (Fsp3) is 0.739. The van der Waals surface area contributed by atoms with Gasteiger partial charge in [-0.1, -0.05) is 52.4 Å². The molecule has 0 saturated carbocycles. The quantitative estimate of drug-likeness (QED) is 0.296. The second-order valence-corrected chi connectivity index (χ2v) is 8.32. The van der Waals surface area contributed by atoms with Gasteiger partial charge < -0.3 is 14.2 Å². The Kier molecular flexibility index (Phi) is 11.8. The molecule has 0 fully saturated rings. The maximum Gasteiger partial charge on any atom is 0.331 e. The fourth-order valence-electron chi connectivity index (χ4n) is 2.69. The average Bonchev–Trinajstić information content (AvgIpc) is 2.67. The van der Waals surface area contributed by atoms with Crippen LogP contribution in [0.3, 0.4) is 0 Å². The van der Waals surface area contributed by atoms with Crippen LogP contribution in [0.4, 0.5) is 0 Å². The number of unbranched alkanes of at least 4 members (excludes halogenated alkanes) is 6. The summed E-state index contributed by atoms with van der Waals surface area (Å²) in [4.78, 5) is 21.1. The number of carbonyl (C=O) groups excluding carboxylic acids is 1. The first kappa shape index (κ1) is 25.7. The third kappa shape index (κ3) is 10.4. The molecule has 168 valence electrons. The Morgan fingerprint density at radius 3 is 1.87 bits per heavy atom. The number of rotatable bonds is 14. The van der Waals surface area contributed by atoms with E-state index in [9.17, 15) is 10.1 Å². The molecule has 0 N–H and O–H groups in total. The maximum absolute atomic E-state index is 12.5. The number of nitrogens with zero attached hydrogens (tertiary/aromatic N) is 3. The zero-order valence-corrected chi connectivity index (χ0v) is 19.2. The van der Waals surface area contributed by atoms with Crippen LogP contribution in [-0.4, -0.2) is 34.8 Å². The van der Waals surface area contributed by atoms with Crippen molar-refractivity contribution >= 4 is 5.97 Å². The molecule has 0 spiro atoms. The van der Waals surface area contributed by atoms with Gasteiger partial charge >= 0.3 is 5.97 Å². The Balaban J connectivity index is 2.94. The Morgan fingerprint density at radius 1 is 0.967 bits per heavy atom. The third-order valence-corrected chi connectivity index (χ3v) is 4.22. The number of nitriles is 1. The third-order valence-electron chi connectivity index (χ3n) is 4.22. The van der Waals surface area contributed by atoms with Crippen molar-refractivity contribution in [3.63, 3.8) is 0 Å². The SMILES string of the molecule is CCCCCCOc1cc(OCCCCCC)nc(C(C#N)C(=O)OC(C)(C)C)n1. The summed E-state index contributed by atoms with van der Waals surface area (Å²) in [6.07, 6.45) is 8.57. The lowest BCUT2D eigenvalue weighted by Crippen LogP contribution is -2.28. The van der Waals surface area contributed by atoms with Gasteiger partial charge in [-0.3, -0.25) is 4.79 Å². The van der Waals surface area contributed by atoms with Crippen LogP contribution in [0.2, 0.25) is 0 Å². The molecule has 7 heteroatoms. The minimum Gasteiger partial charge on any atom is -0.477 e. The van der Waals surface area contributed by atoms with Gasteiger partial charge in [0, 0.05) is 0 Å². The molecule has 1 aromatic heterocycles. The van der Waals surface area contributed by atoms with E-state index in [4.69, 9.17) is 14.2 Å². The molecule has 0 aromatic carbocycles. The predicted molar refractivity (Wildman–Crippen MR) is 116 cm³/mol. The second-order valence-electron chi connectivity index (χ2n) is 8.32. The first-order valence-electron chi connectivity index (χ1n) is 11.1. The van der Waals surface area contributed by atoms with Crippen LogP contribution >= 0.6 is 0 Å². The minimum atomic E-state index is -1.24. The molecule has 0 aliphatic carbocycles. The highest BCUT2D eigenvalue weighted by Gasteiger charge is 2.30. The number of hydrogen-bond acceptors (Lipinski definition) is 7. The molecule has 1 heterocycles. The predicted octanol–water partition coefficient (Wildman–Crippen LogP) is 5.34. The number of esters is 1. The lowest BCUT2D eigenvalue weighted by atomic mass is 10.1. The van der Waals surface area contributed by atoms with Gasteiger partial charge in [0.2, 0.25) is 17.7 Å². The minimum absolute atomic E-state index is 0.0429. The lowest BCUT2D eigenvalue weighted by molar-refractivity contribution is -0.155. The van der Waals surface area contributed by atoms with E-state index in [1.165, 1.54) is 0 Å². The molecule has 0 aliphatic rings. The van der Waals surface area contributed by atoms with Gasteiger partial charge in [-0.05, 0) is 33.6 Å². The van der Waals surface area contributed by atoms with Crippen LogP contribution in [0.25, 0.3) is 0 Å². The fourth-order valence-corrected chi connectivity index (χ4v) is 2.69. The highest BCUT2D eigenvalue weighted by molar-refractivity contribution is 5.80. The van der Waals surface area contributed by atoms with Crippen molar-refractivity contribution < 1.29 is 19.0 Å². The second kappa shape index (κ2) is 13.8.